The molecule has 0 unspecified atom stereocenters. The molecular weight excluding hydrogens is 339 g/mol. The van der Waals surface area contributed by atoms with Gasteiger partial charge in [-0.25, -0.2) is 14.2 Å². The van der Waals surface area contributed by atoms with E-state index in [2.05, 4.69) is 25.7 Å². The first-order chi connectivity index (χ1) is 12.4. The van der Waals surface area contributed by atoms with E-state index in [4.69, 9.17) is 0 Å². The van der Waals surface area contributed by atoms with Gasteiger partial charge in [0.05, 0.1) is 12.6 Å². The van der Waals surface area contributed by atoms with Crippen LogP contribution >= 0.6 is 0 Å². The maximum atomic E-state index is 14.0. The summed E-state index contributed by atoms with van der Waals surface area (Å²) in [7, 11) is 5.47. The molecule has 1 fully saturated rings. The van der Waals surface area contributed by atoms with Crippen LogP contribution in [0.25, 0.3) is 0 Å². The fraction of sp³-hybridized carbons (Fsp3) is 0.500. The second kappa shape index (κ2) is 7.54. The third-order valence-electron chi connectivity index (χ3n) is 4.14. The molecule has 0 aliphatic carbocycles. The first-order valence-corrected chi connectivity index (χ1v) is 8.38. The van der Waals surface area contributed by atoms with Crippen LogP contribution in [0, 0.1) is 0 Å². The Labute approximate surface area is 151 Å². The number of alkyl halides is 1. The molecule has 0 radical (unpaired) electrons. The van der Waals surface area contributed by atoms with E-state index >= 15 is 0 Å². The Morgan fingerprint density at radius 3 is 2.92 bits per heavy atom. The molecule has 3 rings (SSSR count). The second-order valence-electron chi connectivity index (χ2n) is 6.46. The predicted octanol–water partition coefficient (Wildman–Crippen LogP) is 1.01. The third-order valence-corrected chi connectivity index (χ3v) is 4.14. The monoisotopic (exact) mass is 362 g/mol. The van der Waals surface area contributed by atoms with Crippen molar-refractivity contribution in [1.82, 2.24) is 25.1 Å². The smallest absolute Gasteiger partial charge is 0.320 e. The van der Waals surface area contributed by atoms with E-state index in [9.17, 15) is 9.18 Å². The van der Waals surface area contributed by atoms with Crippen molar-refractivity contribution in [2.45, 2.75) is 18.6 Å². The third kappa shape index (κ3) is 4.19. The Morgan fingerprint density at radius 2 is 2.23 bits per heavy atom. The van der Waals surface area contributed by atoms with Gasteiger partial charge < -0.3 is 15.1 Å². The molecule has 2 aromatic heterocycles. The molecule has 3 heterocycles. The number of anilines is 3. The molecule has 2 atom stereocenters. The van der Waals surface area contributed by atoms with E-state index in [0.717, 1.165) is 0 Å². The molecule has 10 heteroatoms. The molecular formula is C16H23FN8O. The zero-order valence-corrected chi connectivity index (χ0v) is 15.1. The lowest BCUT2D eigenvalue weighted by Gasteiger charge is -2.26. The summed E-state index contributed by atoms with van der Waals surface area (Å²) in [4.78, 5) is 24.4. The second-order valence-corrected chi connectivity index (χ2v) is 6.46. The minimum absolute atomic E-state index is 0.176. The first kappa shape index (κ1) is 17.9. The van der Waals surface area contributed by atoms with Crippen LogP contribution in [0.3, 0.4) is 0 Å². The molecule has 2 N–H and O–H groups in total. The Balaban J connectivity index is 1.62. The molecule has 26 heavy (non-hydrogen) atoms. The van der Waals surface area contributed by atoms with Gasteiger partial charge in [0.15, 0.2) is 5.82 Å². The highest BCUT2D eigenvalue weighted by Gasteiger charge is 2.33. The van der Waals surface area contributed by atoms with Crippen molar-refractivity contribution in [2.75, 3.05) is 42.3 Å². The van der Waals surface area contributed by atoms with Gasteiger partial charge in [0, 0.05) is 52.6 Å². The van der Waals surface area contributed by atoms with Crippen LogP contribution in [0.15, 0.2) is 24.5 Å². The highest BCUT2D eigenvalue weighted by atomic mass is 19.1. The number of aromatic nitrogens is 4. The molecule has 2 amide bonds. The number of hydrogen-bond donors (Lipinski definition) is 2. The number of nitrogens with zero attached hydrogens (tertiary/aromatic N) is 6. The topological polar surface area (TPSA) is 91.2 Å². The quantitative estimate of drug-likeness (QED) is 0.825. The molecule has 1 aliphatic rings. The summed E-state index contributed by atoms with van der Waals surface area (Å²) in [5.74, 6) is 1.67. The van der Waals surface area contributed by atoms with Crippen molar-refractivity contribution in [1.29, 1.82) is 0 Å². The average molecular weight is 362 g/mol. The lowest BCUT2D eigenvalue weighted by molar-refractivity contribution is 0.251. The van der Waals surface area contributed by atoms with Crippen molar-refractivity contribution in [2.24, 2.45) is 7.05 Å². The Morgan fingerprint density at radius 1 is 1.42 bits per heavy atom. The number of carbonyl (C=O) groups excluding carboxylic acids is 1. The number of carbonyl (C=O) groups is 1. The Hall–Kier alpha value is -2.91. The first-order valence-electron chi connectivity index (χ1n) is 8.38. The van der Waals surface area contributed by atoms with Gasteiger partial charge in [-0.2, -0.15) is 10.1 Å². The van der Waals surface area contributed by atoms with E-state index in [-0.39, 0.29) is 18.6 Å². The summed E-state index contributed by atoms with van der Waals surface area (Å²) in [5.41, 5.74) is 0. The number of amides is 2. The van der Waals surface area contributed by atoms with Gasteiger partial charge in [0.25, 0.3) is 0 Å². The van der Waals surface area contributed by atoms with Gasteiger partial charge in [-0.1, -0.05) is 0 Å². The normalized spacial score (nSPS) is 19.5. The summed E-state index contributed by atoms with van der Waals surface area (Å²) in [6.45, 7) is 0.554. The van der Waals surface area contributed by atoms with Gasteiger partial charge in [-0.15, -0.1) is 0 Å². The fourth-order valence-electron chi connectivity index (χ4n) is 2.90. The van der Waals surface area contributed by atoms with Crippen LogP contribution in [0.4, 0.5) is 26.8 Å². The van der Waals surface area contributed by atoms with Gasteiger partial charge in [-0.05, 0) is 6.07 Å². The number of halogens is 1. The van der Waals surface area contributed by atoms with Crippen LogP contribution in [0.1, 0.15) is 6.42 Å². The summed E-state index contributed by atoms with van der Waals surface area (Å²) < 4.78 is 15.6. The summed E-state index contributed by atoms with van der Waals surface area (Å²) in [6, 6.07) is 2.90. The molecule has 1 aliphatic heterocycles. The maximum Gasteiger partial charge on any atom is 0.320 e. The van der Waals surface area contributed by atoms with Crippen molar-refractivity contribution < 1.29 is 9.18 Å². The number of rotatable bonds is 5. The van der Waals surface area contributed by atoms with Crippen molar-refractivity contribution >= 4 is 23.6 Å². The van der Waals surface area contributed by atoms with E-state index in [0.29, 0.717) is 30.5 Å². The van der Waals surface area contributed by atoms with Crippen molar-refractivity contribution in [3.05, 3.63) is 24.5 Å². The maximum absolute atomic E-state index is 14.0. The highest BCUT2D eigenvalue weighted by Crippen LogP contribution is 2.26. The lowest BCUT2D eigenvalue weighted by Crippen LogP contribution is -2.42. The van der Waals surface area contributed by atoms with E-state index < -0.39 is 6.17 Å². The number of hydrogen-bond acceptors (Lipinski definition) is 6. The standard InChI is InChI=1S/C16H23FN8O/c1-23(2)15-18-6-4-14(21-15)25-10-11(17)8-12(25)9-19-16(26)20-13-5-7-24(3)22-13/h4-7,11-12H,8-10H2,1-3H3,(H2,19,20,22,26)/t11-,12-/m0/s1. The largest absolute Gasteiger partial charge is 0.349 e. The minimum atomic E-state index is -0.960. The van der Waals surface area contributed by atoms with E-state index in [1.807, 2.05) is 19.0 Å². The van der Waals surface area contributed by atoms with E-state index in [1.165, 1.54) is 0 Å². The Kier molecular flexibility index (Phi) is 5.19. The molecule has 0 bridgehead atoms. The van der Waals surface area contributed by atoms with Crippen LogP contribution in [0.2, 0.25) is 0 Å². The molecule has 0 spiro atoms. The number of urea groups is 1. The van der Waals surface area contributed by atoms with Crippen LogP contribution in [-0.4, -0.2) is 65.2 Å². The summed E-state index contributed by atoms with van der Waals surface area (Å²) in [6.07, 6.45) is 2.77. The molecule has 0 aromatic carbocycles. The van der Waals surface area contributed by atoms with Crippen LogP contribution < -0.4 is 20.4 Å². The van der Waals surface area contributed by atoms with Crippen molar-refractivity contribution in [3.63, 3.8) is 0 Å². The Bertz CT molecular complexity index is 764. The minimum Gasteiger partial charge on any atom is -0.349 e. The molecule has 2 aromatic rings. The van der Waals surface area contributed by atoms with Crippen LogP contribution in [0.5, 0.6) is 0 Å². The van der Waals surface area contributed by atoms with Crippen LogP contribution in [-0.2, 0) is 7.05 Å². The van der Waals surface area contributed by atoms with Crippen molar-refractivity contribution in [3.8, 4) is 0 Å². The molecule has 140 valence electrons. The van der Waals surface area contributed by atoms with Gasteiger partial charge in [0.2, 0.25) is 5.95 Å². The number of nitrogens with one attached hydrogen (secondary N) is 2. The fourth-order valence-corrected chi connectivity index (χ4v) is 2.90. The average Bonchev–Trinajstić information content (AvgIpc) is 3.18. The predicted molar refractivity (Wildman–Crippen MR) is 97.2 cm³/mol. The van der Waals surface area contributed by atoms with Gasteiger partial charge in [0.1, 0.15) is 12.0 Å². The van der Waals surface area contributed by atoms with Gasteiger partial charge in [-0.3, -0.25) is 10.00 Å². The molecule has 9 nitrogen and oxygen atoms in total. The summed E-state index contributed by atoms with van der Waals surface area (Å²) >= 11 is 0. The van der Waals surface area contributed by atoms with E-state index in [1.54, 1.807) is 41.2 Å². The highest BCUT2D eigenvalue weighted by molar-refractivity contribution is 5.88. The number of aryl methyl sites for hydroxylation is 1. The summed E-state index contributed by atoms with van der Waals surface area (Å²) in [5, 5.41) is 9.51. The molecule has 0 saturated carbocycles. The lowest BCUT2D eigenvalue weighted by atomic mass is 10.2. The zero-order valence-electron chi connectivity index (χ0n) is 15.1. The SMILES string of the molecule is CN(C)c1nccc(N2C[C@@H](F)C[C@H]2CNC(=O)Nc2ccn(C)n2)n1. The zero-order chi connectivity index (χ0) is 18.7. The molecule has 1 saturated heterocycles. The van der Waals surface area contributed by atoms with Gasteiger partial charge >= 0.3 is 6.03 Å².